The first kappa shape index (κ1) is 27.0. The van der Waals surface area contributed by atoms with E-state index in [2.05, 4.69) is 5.10 Å². The lowest BCUT2D eigenvalue weighted by Gasteiger charge is -2.17. The third kappa shape index (κ3) is 5.47. The van der Waals surface area contributed by atoms with Crippen LogP contribution >= 0.6 is 0 Å². The number of primary amides is 1. The molecule has 0 saturated heterocycles. The predicted molar refractivity (Wildman–Crippen MR) is 148 cm³/mol. The van der Waals surface area contributed by atoms with E-state index in [1.165, 1.54) is 24.4 Å². The number of ether oxygens (including phenoxy) is 2. The second-order valence-corrected chi connectivity index (χ2v) is 9.09. The van der Waals surface area contributed by atoms with Gasteiger partial charge in [0.25, 0.3) is 11.5 Å². The summed E-state index contributed by atoms with van der Waals surface area (Å²) in [4.78, 5) is 40.7. The topological polar surface area (TPSA) is 152 Å². The second-order valence-electron chi connectivity index (χ2n) is 9.09. The predicted octanol–water partition coefficient (Wildman–Crippen LogP) is 4.16. The van der Waals surface area contributed by atoms with Crippen LogP contribution in [0.15, 0.2) is 64.5 Å². The van der Waals surface area contributed by atoms with Crippen molar-refractivity contribution in [3.05, 3.63) is 91.8 Å². The van der Waals surface area contributed by atoms with Crippen LogP contribution in [0.3, 0.4) is 0 Å². The number of benzene rings is 3. The molecule has 0 saturated carbocycles. The Labute approximate surface area is 223 Å². The van der Waals surface area contributed by atoms with Gasteiger partial charge in [-0.25, -0.2) is 4.98 Å². The van der Waals surface area contributed by atoms with Crippen molar-refractivity contribution in [3.63, 3.8) is 0 Å². The van der Waals surface area contributed by atoms with Crippen LogP contribution in [0.4, 0.5) is 5.69 Å². The molecule has 3 aromatic carbocycles. The Balaban J connectivity index is 1.97. The van der Waals surface area contributed by atoms with Crippen LogP contribution in [0.5, 0.6) is 11.5 Å². The van der Waals surface area contributed by atoms with Gasteiger partial charge in [0.15, 0.2) is 12.4 Å². The van der Waals surface area contributed by atoms with E-state index in [0.29, 0.717) is 16.5 Å². The number of para-hydroxylation sites is 2. The minimum atomic E-state index is -0.802. The lowest BCUT2D eigenvalue weighted by atomic mass is 9.96. The molecule has 0 spiro atoms. The molecule has 0 aliphatic carbocycles. The molecule has 0 fully saturated rings. The molecule has 0 aliphatic rings. The van der Waals surface area contributed by atoms with E-state index in [-0.39, 0.29) is 28.7 Å². The molecule has 2 N–H and O–H groups in total. The van der Waals surface area contributed by atoms with Crippen molar-refractivity contribution in [2.24, 2.45) is 10.8 Å². The van der Waals surface area contributed by atoms with E-state index >= 15 is 0 Å². The fraction of sp³-hybridized carbons (Fsp3) is 0.214. The highest BCUT2D eigenvalue weighted by atomic mass is 16.6. The Hall–Kier alpha value is -5.06. The Morgan fingerprint density at radius 2 is 1.95 bits per heavy atom. The number of amides is 1. The number of hydrogen-bond donors (Lipinski definition) is 1. The quantitative estimate of drug-likeness (QED) is 0.194. The van der Waals surface area contributed by atoms with Crippen molar-refractivity contribution in [1.82, 2.24) is 9.66 Å². The third-order valence-electron chi connectivity index (χ3n) is 6.09. The number of nitro benzene ring substituents is 1. The molecule has 11 heteroatoms. The van der Waals surface area contributed by atoms with Gasteiger partial charge in [-0.3, -0.25) is 19.7 Å². The summed E-state index contributed by atoms with van der Waals surface area (Å²) in [6.45, 7) is 5.38. The normalized spacial score (nSPS) is 11.3. The van der Waals surface area contributed by atoms with Crippen LogP contribution in [0.1, 0.15) is 36.5 Å². The summed E-state index contributed by atoms with van der Waals surface area (Å²) in [5.74, 6) is 0.123. The maximum atomic E-state index is 13.7. The number of hydrogen-bond acceptors (Lipinski definition) is 8. The lowest BCUT2D eigenvalue weighted by Crippen LogP contribution is -2.21. The van der Waals surface area contributed by atoms with Crippen molar-refractivity contribution in [2.45, 2.75) is 26.7 Å². The zero-order chi connectivity index (χ0) is 28.3. The molecule has 1 amide bonds. The molecule has 0 bridgehead atoms. The van der Waals surface area contributed by atoms with Gasteiger partial charge >= 0.3 is 5.69 Å². The SMILES string of the molecule is COc1cc(C)c(-c2nc3ccccc3c(=O)n2N=Cc2cccc([N+](=O)[O-])c2OCC(N)=O)cc1C(C)C. The monoisotopic (exact) mass is 529 g/mol. The highest BCUT2D eigenvalue weighted by Crippen LogP contribution is 2.34. The second kappa shape index (κ2) is 11.1. The smallest absolute Gasteiger partial charge is 0.311 e. The minimum Gasteiger partial charge on any atom is -0.496 e. The van der Waals surface area contributed by atoms with Crippen LogP contribution in [0.25, 0.3) is 22.3 Å². The van der Waals surface area contributed by atoms with Gasteiger partial charge in [0.2, 0.25) is 5.75 Å². The van der Waals surface area contributed by atoms with Crippen molar-refractivity contribution in [2.75, 3.05) is 13.7 Å². The number of rotatable bonds is 9. The van der Waals surface area contributed by atoms with Gasteiger partial charge in [-0.2, -0.15) is 9.78 Å². The maximum absolute atomic E-state index is 13.7. The van der Waals surface area contributed by atoms with Gasteiger partial charge in [0, 0.05) is 17.2 Å². The molecule has 4 aromatic rings. The number of fused-ring (bicyclic) bond motifs is 1. The first-order valence-corrected chi connectivity index (χ1v) is 12.1. The molecule has 0 unspecified atom stereocenters. The van der Waals surface area contributed by atoms with Gasteiger partial charge in [0.1, 0.15) is 5.75 Å². The van der Waals surface area contributed by atoms with E-state index in [0.717, 1.165) is 21.6 Å². The average molecular weight is 530 g/mol. The largest absolute Gasteiger partial charge is 0.496 e. The standard InChI is InChI=1S/C28H27N5O6/c1-16(2)20-13-21(17(3)12-24(20)38-4)27-31-22-10-6-5-9-19(22)28(35)32(27)30-14-18-8-7-11-23(33(36)37)26(18)39-15-25(29)34/h5-14,16H,15H2,1-4H3,(H2,29,34). The highest BCUT2D eigenvalue weighted by Gasteiger charge is 2.21. The van der Waals surface area contributed by atoms with Crippen LogP contribution in [0.2, 0.25) is 0 Å². The number of methoxy groups -OCH3 is 1. The Morgan fingerprint density at radius 3 is 2.62 bits per heavy atom. The van der Waals surface area contributed by atoms with E-state index < -0.39 is 23.0 Å². The molecular formula is C28H27N5O6. The van der Waals surface area contributed by atoms with Crippen LogP contribution < -0.4 is 20.8 Å². The molecule has 1 heterocycles. The van der Waals surface area contributed by atoms with Gasteiger partial charge in [-0.15, -0.1) is 0 Å². The maximum Gasteiger partial charge on any atom is 0.311 e. The van der Waals surface area contributed by atoms with E-state index in [4.69, 9.17) is 20.2 Å². The van der Waals surface area contributed by atoms with Crippen molar-refractivity contribution in [1.29, 1.82) is 0 Å². The minimum absolute atomic E-state index is 0.123. The highest BCUT2D eigenvalue weighted by molar-refractivity contribution is 5.87. The summed E-state index contributed by atoms with van der Waals surface area (Å²) in [6.07, 6.45) is 1.26. The number of nitrogens with two attached hydrogens (primary N) is 1. The van der Waals surface area contributed by atoms with E-state index in [1.54, 1.807) is 31.4 Å². The first-order chi connectivity index (χ1) is 18.6. The van der Waals surface area contributed by atoms with Crippen LogP contribution in [0, 0.1) is 17.0 Å². The number of carbonyl (C=O) groups excluding carboxylic acids is 1. The molecule has 1 aromatic heterocycles. The fourth-order valence-corrected chi connectivity index (χ4v) is 4.18. The van der Waals surface area contributed by atoms with Gasteiger partial charge in [-0.1, -0.05) is 32.0 Å². The fourth-order valence-electron chi connectivity index (χ4n) is 4.18. The van der Waals surface area contributed by atoms with Gasteiger partial charge in [-0.05, 0) is 54.3 Å². The summed E-state index contributed by atoms with van der Waals surface area (Å²) in [5, 5.41) is 16.4. The molecule has 0 aliphatic heterocycles. The molecular weight excluding hydrogens is 502 g/mol. The van der Waals surface area contributed by atoms with Crippen molar-refractivity contribution < 1.29 is 19.2 Å². The number of nitro groups is 1. The third-order valence-corrected chi connectivity index (χ3v) is 6.09. The summed E-state index contributed by atoms with van der Waals surface area (Å²) < 4.78 is 12.1. The van der Waals surface area contributed by atoms with Crippen molar-refractivity contribution in [3.8, 4) is 22.9 Å². The van der Waals surface area contributed by atoms with Gasteiger partial charge in [0.05, 0.1) is 29.2 Å². The summed E-state index contributed by atoms with van der Waals surface area (Å²) in [5.41, 5.74) is 7.44. The van der Waals surface area contributed by atoms with Gasteiger partial charge < -0.3 is 15.2 Å². The zero-order valence-electron chi connectivity index (χ0n) is 21.9. The molecule has 4 rings (SSSR count). The van der Waals surface area contributed by atoms with Crippen LogP contribution in [-0.4, -0.2) is 40.4 Å². The molecule has 0 atom stereocenters. The Kier molecular flexibility index (Phi) is 7.70. The molecule has 11 nitrogen and oxygen atoms in total. The molecule has 200 valence electrons. The summed E-state index contributed by atoms with van der Waals surface area (Å²) in [6, 6.07) is 14.9. The number of aromatic nitrogens is 2. The van der Waals surface area contributed by atoms with Crippen LogP contribution in [-0.2, 0) is 4.79 Å². The average Bonchev–Trinajstić information content (AvgIpc) is 2.90. The summed E-state index contributed by atoms with van der Waals surface area (Å²) in [7, 11) is 1.60. The van der Waals surface area contributed by atoms with E-state index in [1.807, 2.05) is 32.9 Å². The first-order valence-electron chi connectivity index (χ1n) is 12.1. The summed E-state index contributed by atoms with van der Waals surface area (Å²) >= 11 is 0. The Morgan fingerprint density at radius 1 is 1.21 bits per heavy atom. The number of aryl methyl sites for hydroxylation is 1. The Bertz CT molecular complexity index is 1680. The van der Waals surface area contributed by atoms with Crippen molar-refractivity contribution >= 4 is 28.7 Å². The molecule has 0 radical (unpaired) electrons. The lowest BCUT2D eigenvalue weighted by molar-refractivity contribution is -0.385. The molecule has 39 heavy (non-hydrogen) atoms. The number of carbonyl (C=O) groups is 1. The zero-order valence-corrected chi connectivity index (χ0v) is 21.9. The van der Waals surface area contributed by atoms with E-state index in [9.17, 15) is 19.7 Å². The number of nitrogens with zero attached hydrogens (tertiary/aromatic N) is 4.